The number of carbonyl (C=O) groups is 2. The van der Waals surface area contributed by atoms with Gasteiger partial charge in [0.2, 0.25) is 0 Å². The molecule has 27 heavy (non-hydrogen) atoms. The van der Waals surface area contributed by atoms with E-state index in [1.54, 1.807) is 19.9 Å². The second kappa shape index (κ2) is 15.2. The van der Waals surface area contributed by atoms with Crippen LogP contribution >= 0.6 is 22.6 Å². The van der Waals surface area contributed by atoms with Crippen LogP contribution in [0.1, 0.15) is 53.4 Å². The van der Waals surface area contributed by atoms with Gasteiger partial charge in [-0.25, -0.2) is 4.79 Å². The van der Waals surface area contributed by atoms with Gasteiger partial charge in [0.05, 0.1) is 32.0 Å². The average molecular weight is 500 g/mol. The Morgan fingerprint density at radius 2 is 1.96 bits per heavy atom. The fourth-order valence-electron chi connectivity index (χ4n) is 2.18. The van der Waals surface area contributed by atoms with E-state index in [0.29, 0.717) is 45.5 Å². The maximum absolute atomic E-state index is 11.0. The second-order valence-corrected chi connectivity index (χ2v) is 7.23. The molecule has 1 heterocycles. The number of alkyl halides is 1. The van der Waals surface area contributed by atoms with E-state index >= 15 is 0 Å². The first-order valence-corrected chi connectivity index (χ1v) is 10.8. The lowest BCUT2D eigenvalue weighted by Gasteiger charge is -2.16. The number of carbonyl (C=O) groups excluding carboxylic acids is 2. The number of ether oxygens (including phenoxy) is 4. The van der Waals surface area contributed by atoms with E-state index in [2.05, 4.69) is 22.6 Å². The minimum Gasteiger partial charge on any atom is -0.466 e. The molecule has 1 aliphatic heterocycles. The van der Waals surface area contributed by atoms with E-state index in [-0.39, 0.29) is 24.1 Å². The summed E-state index contributed by atoms with van der Waals surface area (Å²) in [5.41, 5.74) is 0. The molecule has 0 radical (unpaired) electrons. The number of hydrogen-bond acceptors (Lipinski definition) is 7. The van der Waals surface area contributed by atoms with E-state index in [0.717, 1.165) is 4.43 Å². The number of halogens is 1. The first-order chi connectivity index (χ1) is 12.7. The third-order valence-corrected chi connectivity index (χ3v) is 4.43. The van der Waals surface area contributed by atoms with Crippen LogP contribution in [0.4, 0.5) is 0 Å². The molecule has 0 amide bonds. The SMILES string of the molecule is CCOC(=O)/C=C/C[C@H]1COC(C)(C)O1.CCOC(=O)CCC[C@H](O)CI. The van der Waals surface area contributed by atoms with Crippen LogP contribution in [0, 0.1) is 0 Å². The minimum absolute atomic E-state index is 0.0330. The van der Waals surface area contributed by atoms with Gasteiger partial charge in [-0.3, -0.25) is 4.79 Å². The van der Waals surface area contributed by atoms with Crippen molar-refractivity contribution in [2.75, 3.05) is 24.2 Å². The van der Waals surface area contributed by atoms with Crippen molar-refractivity contribution in [3.63, 3.8) is 0 Å². The Labute approximate surface area is 175 Å². The Balaban J connectivity index is 0.000000516. The van der Waals surface area contributed by atoms with Gasteiger partial charge in [-0.05, 0) is 47.0 Å². The summed E-state index contributed by atoms with van der Waals surface area (Å²) in [6.07, 6.45) is 5.42. The highest BCUT2D eigenvalue weighted by Crippen LogP contribution is 2.24. The van der Waals surface area contributed by atoms with E-state index in [4.69, 9.17) is 24.1 Å². The number of hydrogen-bond donors (Lipinski definition) is 1. The fraction of sp³-hybridized carbons (Fsp3) is 0.789. The van der Waals surface area contributed by atoms with Gasteiger partial charge in [0.1, 0.15) is 0 Å². The lowest BCUT2D eigenvalue weighted by Crippen LogP contribution is -2.21. The van der Waals surface area contributed by atoms with Crippen molar-refractivity contribution in [2.24, 2.45) is 0 Å². The summed E-state index contributed by atoms with van der Waals surface area (Å²) in [5, 5.41) is 9.14. The molecule has 0 aromatic rings. The van der Waals surface area contributed by atoms with Crippen LogP contribution in [-0.4, -0.2) is 59.3 Å². The molecular formula is C19H33IO7. The third-order valence-electron chi connectivity index (χ3n) is 3.41. The molecule has 7 nitrogen and oxygen atoms in total. The predicted octanol–water partition coefficient (Wildman–Crippen LogP) is 3.16. The molecule has 8 heteroatoms. The highest BCUT2D eigenvalue weighted by Gasteiger charge is 2.31. The van der Waals surface area contributed by atoms with Crippen molar-refractivity contribution in [3.05, 3.63) is 12.2 Å². The highest BCUT2D eigenvalue weighted by molar-refractivity contribution is 14.1. The molecule has 0 saturated carbocycles. The molecular weight excluding hydrogens is 467 g/mol. The Bertz CT molecular complexity index is 451. The zero-order valence-electron chi connectivity index (χ0n) is 16.7. The summed E-state index contributed by atoms with van der Waals surface area (Å²) >= 11 is 2.12. The Hall–Kier alpha value is -0.710. The maximum Gasteiger partial charge on any atom is 0.330 e. The van der Waals surface area contributed by atoms with Crippen molar-refractivity contribution >= 4 is 34.5 Å². The van der Waals surface area contributed by atoms with E-state index in [1.165, 1.54) is 6.08 Å². The second-order valence-electron chi connectivity index (χ2n) is 6.35. The van der Waals surface area contributed by atoms with Crippen molar-refractivity contribution in [3.8, 4) is 0 Å². The van der Waals surface area contributed by atoms with Crippen molar-refractivity contribution in [1.29, 1.82) is 0 Å². The zero-order chi connectivity index (χ0) is 20.7. The van der Waals surface area contributed by atoms with Gasteiger partial charge < -0.3 is 24.1 Å². The number of esters is 2. The van der Waals surface area contributed by atoms with Crippen LogP contribution in [0.25, 0.3) is 0 Å². The molecule has 0 unspecified atom stereocenters. The molecule has 1 aliphatic rings. The van der Waals surface area contributed by atoms with E-state index in [9.17, 15) is 9.59 Å². The third kappa shape index (κ3) is 15.0. The number of aliphatic hydroxyl groups excluding tert-OH is 1. The van der Waals surface area contributed by atoms with Gasteiger partial charge in [0.25, 0.3) is 0 Å². The monoisotopic (exact) mass is 500 g/mol. The first kappa shape index (κ1) is 26.3. The standard InChI is InChI=1S/C11H18O4.C8H15IO3/c1-4-13-10(12)7-5-6-9-8-14-11(2,3)15-9;1-2-12-8(11)5-3-4-7(10)6-9/h5,7,9H,4,6,8H2,1-3H3;7,10H,2-6H2,1H3/b7-5+;/t9-;7-/m00/s1. The minimum atomic E-state index is -0.498. The molecule has 1 N–H and O–H groups in total. The van der Waals surface area contributed by atoms with Crippen LogP contribution in [0.15, 0.2) is 12.2 Å². The van der Waals surface area contributed by atoms with Crippen molar-refractivity contribution in [2.45, 2.75) is 71.4 Å². The van der Waals surface area contributed by atoms with Crippen molar-refractivity contribution in [1.82, 2.24) is 0 Å². The quantitative estimate of drug-likeness (QED) is 0.213. The van der Waals surface area contributed by atoms with Gasteiger partial charge in [-0.1, -0.05) is 28.7 Å². The van der Waals surface area contributed by atoms with Crippen LogP contribution in [0.5, 0.6) is 0 Å². The average Bonchev–Trinajstić information content (AvgIpc) is 2.94. The fourth-order valence-corrected chi connectivity index (χ4v) is 2.62. The van der Waals surface area contributed by atoms with Crippen LogP contribution in [0.3, 0.4) is 0 Å². The number of aliphatic hydroxyl groups is 1. The summed E-state index contributed by atoms with van der Waals surface area (Å²) in [5.74, 6) is -0.976. The molecule has 1 fully saturated rings. The Kier molecular flexibility index (Phi) is 14.8. The highest BCUT2D eigenvalue weighted by atomic mass is 127. The largest absolute Gasteiger partial charge is 0.466 e. The molecule has 158 valence electrons. The summed E-state index contributed by atoms with van der Waals surface area (Å²) in [7, 11) is 0. The molecule has 1 saturated heterocycles. The summed E-state index contributed by atoms with van der Waals surface area (Å²) in [6.45, 7) is 8.73. The molecule has 0 aliphatic carbocycles. The lowest BCUT2D eigenvalue weighted by atomic mass is 10.2. The molecule has 0 aromatic heterocycles. The smallest absolute Gasteiger partial charge is 0.330 e. The van der Waals surface area contributed by atoms with Crippen LogP contribution in [-0.2, 0) is 28.5 Å². The summed E-state index contributed by atoms with van der Waals surface area (Å²) in [4.78, 5) is 21.8. The molecule has 0 aromatic carbocycles. The number of rotatable bonds is 10. The van der Waals surface area contributed by atoms with Gasteiger partial charge in [0.15, 0.2) is 5.79 Å². The van der Waals surface area contributed by atoms with Gasteiger partial charge in [0, 0.05) is 16.9 Å². The van der Waals surface area contributed by atoms with E-state index in [1.807, 2.05) is 13.8 Å². The normalized spacial score (nSPS) is 19.3. The van der Waals surface area contributed by atoms with Gasteiger partial charge >= 0.3 is 11.9 Å². The first-order valence-electron chi connectivity index (χ1n) is 9.28. The zero-order valence-corrected chi connectivity index (χ0v) is 18.9. The molecule has 2 atom stereocenters. The topological polar surface area (TPSA) is 91.3 Å². The van der Waals surface area contributed by atoms with E-state index < -0.39 is 5.79 Å². The van der Waals surface area contributed by atoms with Crippen LogP contribution in [0.2, 0.25) is 0 Å². The Morgan fingerprint density at radius 3 is 2.48 bits per heavy atom. The lowest BCUT2D eigenvalue weighted by molar-refractivity contribution is -0.143. The van der Waals surface area contributed by atoms with Crippen molar-refractivity contribution < 1.29 is 33.6 Å². The van der Waals surface area contributed by atoms with Crippen LogP contribution < -0.4 is 0 Å². The summed E-state index contributed by atoms with van der Waals surface area (Å²) < 4.78 is 21.2. The Morgan fingerprint density at radius 1 is 1.30 bits per heavy atom. The van der Waals surface area contributed by atoms with Gasteiger partial charge in [-0.15, -0.1) is 0 Å². The predicted molar refractivity (Wildman–Crippen MR) is 111 cm³/mol. The maximum atomic E-state index is 11.0. The van der Waals surface area contributed by atoms with Gasteiger partial charge in [-0.2, -0.15) is 0 Å². The molecule has 1 rings (SSSR count). The molecule has 0 spiro atoms. The molecule has 0 bridgehead atoms. The summed E-state index contributed by atoms with van der Waals surface area (Å²) in [6, 6.07) is 0.